The number of carboxylic acid groups (broad SMARTS) is 2. The molecule has 139 heavy (non-hydrogen) atoms. The number of hydrogen-bond acceptors (Lipinski definition) is 34. The molecule has 0 saturated carbocycles. The number of rotatable bonds is 23. The molecule has 7 aromatic rings. The number of unbranched alkanes of at least 4 members (excludes halogenated alkanes) is 3. The number of nitrogens with one attached hydrogen (secondary N) is 9. The first-order valence-electron chi connectivity index (χ1n) is 44.0. The van der Waals surface area contributed by atoms with E-state index in [4.69, 9.17) is 65.8 Å². The molecule has 9 heterocycles. The quantitative estimate of drug-likeness (QED) is 0.0398. The van der Waals surface area contributed by atoms with Crippen molar-refractivity contribution < 1.29 is 177 Å². The van der Waals surface area contributed by atoms with Gasteiger partial charge in [-0.15, -0.1) is 0 Å². The van der Waals surface area contributed by atoms with Crippen LogP contribution < -0.4 is 71.5 Å². The van der Waals surface area contributed by atoms with E-state index in [1.165, 1.54) is 24.3 Å². The highest BCUT2D eigenvalue weighted by molar-refractivity contribution is 6.32. The second-order valence-electron chi connectivity index (χ2n) is 34.6. The van der Waals surface area contributed by atoms with Gasteiger partial charge in [0.2, 0.25) is 71.5 Å². The fourth-order valence-electron chi connectivity index (χ4n) is 17.1. The number of aromatic hydroxyl groups is 4. The van der Waals surface area contributed by atoms with E-state index in [2.05, 4.69) is 61.7 Å². The maximum atomic E-state index is 17.1. The molecule has 9 amide bonds. The molecule has 3 saturated heterocycles. The number of aliphatic hydroxyl groups is 10. The molecule has 0 aliphatic carbocycles. The van der Waals surface area contributed by atoms with Crippen molar-refractivity contribution in [3.05, 3.63) is 164 Å². The summed E-state index contributed by atoms with van der Waals surface area (Å²) in [5, 5.41) is 203. The smallest absolute Gasteiger partial charge is 0.330 e. The molecule has 16 rings (SSSR count). The molecule has 744 valence electrons. The molecule has 9 aliphatic rings. The van der Waals surface area contributed by atoms with E-state index in [1.807, 2.05) is 0 Å². The minimum atomic E-state index is -2.63. The summed E-state index contributed by atoms with van der Waals surface area (Å²) in [6.45, 7) is 1.86. The highest BCUT2D eigenvalue weighted by Gasteiger charge is 2.53. The van der Waals surface area contributed by atoms with E-state index < -0.39 is 358 Å². The second-order valence-corrected chi connectivity index (χ2v) is 35.4. The summed E-state index contributed by atoms with van der Waals surface area (Å²) >= 11 is 14.8. The molecule has 9 aliphatic heterocycles. The van der Waals surface area contributed by atoms with Crippen molar-refractivity contribution in [1.82, 2.24) is 47.9 Å². The lowest BCUT2D eigenvalue weighted by Crippen LogP contribution is -2.65. The van der Waals surface area contributed by atoms with Crippen molar-refractivity contribution in [2.75, 3.05) is 19.8 Å². The van der Waals surface area contributed by atoms with Gasteiger partial charge in [-0.3, -0.25) is 47.9 Å². The number of hydrogen-bond donors (Lipinski definition) is 25. The number of amides is 9. The van der Waals surface area contributed by atoms with Gasteiger partial charge in [-0.2, -0.15) is 0 Å². The lowest BCUT2D eigenvalue weighted by atomic mass is 9.89. The van der Waals surface area contributed by atoms with E-state index in [-0.39, 0.29) is 22.6 Å². The van der Waals surface area contributed by atoms with Crippen molar-refractivity contribution in [2.45, 2.75) is 219 Å². The molecule has 23 unspecified atom stereocenters. The molecular weight excluding hydrogens is 1880 g/mol. The van der Waals surface area contributed by atoms with Crippen molar-refractivity contribution in [3.63, 3.8) is 0 Å². The Morgan fingerprint density at radius 1 is 0.468 bits per heavy atom. The number of carbonyl (C=O) groups excluding carboxylic acids is 9. The Morgan fingerprint density at radius 2 is 1.02 bits per heavy atom. The van der Waals surface area contributed by atoms with Crippen molar-refractivity contribution in [3.8, 4) is 80.1 Å². The zero-order chi connectivity index (χ0) is 100. The van der Waals surface area contributed by atoms with Crippen molar-refractivity contribution in [2.24, 2.45) is 5.92 Å². The Morgan fingerprint density at radius 3 is 1.65 bits per heavy atom. The van der Waals surface area contributed by atoms with Crippen LogP contribution in [0, 0.1) is 5.92 Å². The lowest BCUT2D eigenvalue weighted by Gasteiger charge is -2.44. The summed E-state index contributed by atoms with van der Waals surface area (Å²) in [4.78, 5) is 165. The van der Waals surface area contributed by atoms with Crippen LogP contribution in [-0.2, 0) is 78.1 Å². The Kier molecular flexibility index (Phi) is 31.9. The average Bonchev–Trinajstić information content (AvgIpc) is 0.752. The highest BCUT2D eigenvalue weighted by atomic mass is 35.5. The Labute approximate surface area is 798 Å². The van der Waals surface area contributed by atoms with Crippen LogP contribution in [0.4, 0.5) is 0 Å². The molecule has 0 spiro atoms. The van der Waals surface area contributed by atoms with Gasteiger partial charge in [0.25, 0.3) is 0 Å². The van der Waals surface area contributed by atoms with Gasteiger partial charge in [0.1, 0.15) is 156 Å². The van der Waals surface area contributed by atoms with Gasteiger partial charge in [0.05, 0.1) is 36.3 Å². The average molecular weight is 1980 g/mol. The number of carbonyl (C=O) groups is 11. The van der Waals surface area contributed by atoms with Crippen LogP contribution in [0.3, 0.4) is 0 Å². The number of phenolic OH excluding ortho intramolecular Hbond substituents is 4. The van der Waals surface area contributed by atoms with E-state index in [0.29, 0.717) is 18.8 Å². The molecular formula is C92H101Cl2N9O36. The van der Waals surface area contributed by atoms with Gasteiger partial charge in [-0.25, -0.2) is 4.79 Å². The Hall–Kier alpha value is -13.1. The van der Waals surface area contributed by atoms with Gasteiger partial charge in [-0.05, 0) is 125 Å². The van der Waals surface area contributed by atoms with Crippen LogP contribution in [0.1, 0.15) is 147 Å². The summed E-state index contributed by atoms with van der Waals surface area (Å²) in [6.07, 6.45) is -28.0. The monoisotopic (exact) mass is 1980 g/mol. The lowest BCUT2D eigenvalue weighted by molar-refractivity contribution is -0.284. The van der Waals surface area contributed by atoms with Crippen LogP contribution in [-0.4, -0.2) is 271 Å². The number of ether oxygens (including phenoxy) is 9. The first kappa shape index (κ1) is 102. The predicted octanol–water partition coefficient (Wildman–Crippen LogP) is 1.04. The van der Waals surface area contributed by atoms with E-state index in [1.54, 1.807) is 0 Å². The third-order valence-corrected chi connectivity index (χ3v) is 24.8. The van der Waals surface area contributed by atoms with Crippen molar-refractivity contribution in [1.29, 1.82) is 0 Å². The van der Waals surface area contributed by atoms with E-state index in [0.717, 1.165) is 117 Å². The fraction of sp³-hybridized carbons (Fsp3) is 0.424. The summed E-state index contributed by atoms with van der Waals surface area (Å²) < 4.78 is 57.5. The summed E-state index contributed by atoms with van der Waals surface area (Å²) in [7, 11) is 0. The number of aliphatic hydroxyl groups excluding tert-OH is 10. The zero-order valence-corrected chi connectivity index (χ0v) is 75.4. The number of benzene rings is 7. The molecule has 3 fully saturated rings. The maximum Gasteiger partial charge on any atom is 0.330 e. The number of fused-ring (bicyclic) bond motifs is 14. The van der Waals surface area contributed by atoms with Gasteiger partial charge in [0, 0.05) is 55.0 Å². The van der Waals surface area contributed by atoms with Crippen molar-refractivity contribution >= 4 is 88.3 Å². The van der Waals surface area contributed by atoms with Crippen LogP contribution >= 0.6 is 23.2 Å². The molecule has 45 nitrogen and oxygen atoms in total. The van der Waals surface area contributed by atoms with E-state index >= 15 is 28.8 Å². The first-order chi connectivity index (χ1) is 66.1. The summed E-state index contributed by atoms with van der Waals surface area (Å²) in [5.74, 6) is -22.9. The van der Waals surface area contributed by atoms with Gasteiger partial charge >= 0.3 is 11.9 Å². The topological polar surface area (TPSA) is 703 Å². The van der Waals surface area contributed by atoms with E-state index in [9.17, 15) is 106 Å². The van der Waals surface area contributed by atoms with Crippen LogP contribution in [0.5, 0.6) is 69.0 Å². The number of halogens is 2. The standard InChI is InChI=1S/C92H101Cl2N9O36/c1-35(2)8-6-4-5-7-9-62(112)98-72-78(120)75(117)60(33-105)136-91(72)139-82-57-27-42-28-58(82)133-54-17-13-40(25-49(54)94)81(138-90-71(95-36(3)107)77(119)74(116)59(32-104)135-90)73-88(128)102-70(89(129)130)47-30-44(109)31-56(134-92-80(122)79(121)76(118)61(34-106)137-92)65(47)46-24-38(11-14-51(46)110)67(85(125)103-73)100-87(127)69(42)101-86(126)68-41-22-43(108)29-45(23-41)131-55-26-39(12-15-52(55)111)66(97-63(113)18-19-64(114)115)84(124)96-50(83(123)99-68)21-37-10-16-53(132-57)48(93)20-37/h10-17,20,22-31,35,50,59-61,66-81,90-92,104-106,108-111,116-122H,4-9,18-19,21,32-34H2,1-3H3,(H,95,107)(H,96,124)(H,97,113)(H,98,112)(H,99,123)(H,100,127)(H,101,126)(H,102,128)(H,103,125)(H,114,115)(H,129,130). The fourth-order valence-corrected chi connectivity index (χ4v) is 17.5. The van der Waals surface area contributed by atoms with Gasteiger partial charge in [-0.1, -0.05) is 87.0 Å². The molecule has 0 aromatic heterocycles. The number of aliphatic carboxylic acids is 2. The normalized spacial score (nSPS) is 28.0. The Bertz CT molecular complexity index is 5860. The summed E-state index contributed by atoms with van der Waals surface area (Å²) in [5.41, 5.74) is -4.34. The predicted molar refractivity (Wildman–Crippen MR) is 474 cm³/mol. The zero-order valence-electron chi connectivity index (χ0n) is 73.9. The molecule has 7 aromatic carbocycles. The number of phenols is 4. The molecule has 47 heteroatoms. The largest absolute Gasteiger partial charge is 0.508 e. The summed E-state index contributed by atoms with van der Waals surface area (Å²) in [6, 6.07) is -1.05. The second kappa shape index (κ2) is 43.5. The first-order valence-corrected chi connectivity index (χ1v) is 44.8. The molecule has 17 bridgehead atoms. The third-order valence-electron chi connectivity index (χ3n) is 24.2. The Balaban J connectivity index is 1.03. The SMILES string of the molecule is CC(=O)NC1C(OC2c3ccc(c(Cl)c3)Oc3cc4cc(c3OC3OC(CO)C(O)C(O)C3NC(=O)CCCCCCC(C)C)Oc3ccc(cc3Cl)CC3NC(=O)C(NC(=O)CCC(=O)O)c5ccc(O)c(c5)Oc5cc(O)cc(c5)C(NC3=O)C(=O)NC4C(=O)NC3C(=O)NC2C(=O)NC(C(=O)O)c2cc(O)cc(OC4OC(CO)C(O)C(O)C4O)c2-c2cc3ccc2O)OC(CO)C(O)C1O. The molecule has 0 radical (unpaired) electrons. The van der Waals surface area contributed by atoms with Gasteiger partial charge < -0.3 is 172 Å². The minimum Gasteiger partial charge on any atom is -0.508 e. The van der Waals surface area contributed by atoms with Gasteiger partial charge in [0.15, 0.2) is 35.3 Å². The minimum absolute atomic E-state index is 0.0639. The van der Waals surface area contributed by atoms with Crippen LogP contribution in [0.15, 0.2) is 115 Å². The van der Waals surface area contributed by atoms with Crippen LogP contribution in [0.25, 0.3) is 11.1 Å². The maximum absolute atomic E-state index is 17.1. The highest BCUT2D eigenvalue weighted by Crippen LogP contribution is 2.51. The third kappa shape index (κ3) is 22.9. The van der Waals surface area contributed by atoms with Crippen LogP contribution in [0.2, 0.25) is 10.0 Å². The molecule has 25 N–H and O–H groups in total. The molecule has 23 atom stereocenters. The number of carboxylic acids is 2.